The van der Waals surface area contributed by atoms with Crippen molar-refractivity contribution in [1.29, 1.82) is 0 Å². The number of benzene rings is 3. The molecule has 6 rings (SSSR count). The van der Waals surface area contributed by atoms with Gasteiger partial charge in [-0.1, -0.05) is 78.9 Å². The first-order valence-electron chi connectivity index (χ1n) is 15.3. The van der Waals surface area contributed by atoms with Crippen molar-refractivity contribution in [3.05, 3.63) is 118 Å². The van der Waals surface area contributed by atoms with Crippen LogP contribution in [0.5, 0.6) is 0 Å². The van der Waals surface area contributed by atoms with Crippen LogP contribution in [0.25, 0.3) is 11.1 Å². The van der Waals surface area contributed by atoms with Gasteiger partial charge >= 0.3 is 23.8 Å². The number of aromatic nitrogens is 2. The lowest BCUT2D eigenvalue weighted by Crippen LogP contribution is -2.40. The SMILES string of the molecule is Cc1cn([C@@H]2C[C@@H](COCC(=O)O)N(C(=O)OCC3c4ccccc4-c4ccccc43)C2)c(=O)nc1NC(=O)OCc1ccccc1. The molecule has 0 spiro atoms. The number of nitrogens with zero attached hydrogens (tertiary/aromatic N) is 3. The number of carboxylic acids is 1. The molecule has 0 bridgehead atoms. The van der Waals surface area contributed by atoms with E-state index in [4.69, 9.17) is 19.3 Å². The first kappa shape index (κ1) is 31.5. The van der Waals surface area contributed by atoms with Crippen LogP contribution in [0, 0.1) is 6.92 Å². The fourth-order valence-corrected chi connectivity index (χ4v) is 6.24. The zero-order chi connectivity index (χ0) is 32.9. The van der Waals surface area contributed by atoms with E-state index in [0.717, 1.165) is 27.8 Å². The number of fused-ring (bicyclic) bond motifs is 3. The van der Waals surface area contributed by atoms with Crippen LogP contribution in [0.2, 0.25) is 0 Å². The molecule has 2 aliphatic rings. The van der Waals surface area contributed by atoms with Gasteiger partial charge in [0, 0.05) is 24.2 Å². The second-order valence-corrected chi connectivity index (χ2v) is 11.6. The highest BCUT2D eigenvalue weighted by Crippen LogP contribution is 2.44. The summed E-state index contributed by atoms with van der Waals surface area (Å²) in [7, 11) is 0. The minimum absolute atomic E-state index is 0.0545. The van der Waals surface area contributed by atoms with Gasteiger partial charge in [0.25, 0.3) is 0 Å². The summed E-state index contributed by atoms with van der Waals surface area (Å²) < 4.78 is 17.9. The second kappa shape index (κ2) is 13.9. The maximum Gasteiger partial charge on any atom is 0.413 e. The van der Waals surface area contributed by atoms with Gasteiger partial charge in [0.2, 0.25) is 0 Å². The first-order chi connectivity index (χ1) is 22.8. The van der Waals surface area contributed by atoms with Crippen LogP contribution in [0.3, 0.4) is 0 Å². The van der Waals surface area contributed by atoms with E-state index in [0.29, 0.717) is 12.0 Å². The summed E-state index contributed by atoms with van der Waals surface area (Å²) in [5, 5.41) is 11.6. The van der Waals surface area contributed by atoms with E-state index in [-0.39, 0.29) is 38.1 Å². The van der Waals surface area contributed by atoms with Crippen molar-refractivity contribution in [2.75, 3.05) is 31.7 Å². The Balaban J connectivity index is 1.15. The third-order valence-electron chi connectivity index (χ3n) is 8.46. The number of carbonyl (C=O) groups is 3. The Kier molecular flexibility index (Phi) is 9.30. The van der Waals surface area contributed by atoms with Crippen LogP contribution in [-0.4, -0.2) is 70.1 Å². The minimum atomic E-state index is -1.13. The number of carbonyl (C=O) groups excluding carboxylic acids is 2. The Morgan fingerprint density at radius 3 is 2.26 bits per heavy atom. The Labute approximate surface area is 270 Å². The van der Waals surface area contributed by atoms with Gasteiger partial charge in [-0.05, 0) is 41.2 Å². The predicted octanol–water partition coefficient (Wildman–Crippen LogP) is 4.97. The van der Waals surface area contributed by atoms with Crippen molar-refractivity contribution in [2.24, 2.45) is 0 Å². The molecule has 3 aromatic carbocycles. The molecule has 2 N–H and O–H groups in total. The number of aliphatic carboxylic acids is 1. The maximum absolute atomic E-state index is 13.6. The van der Waals surface area contributed by atoms with E-state index in [9.17, 15) is 19.2 Å². The highest BCUT2D eigenvalue weighted by Gasteiger charge is 2.39. The number of anilines is 1. The van der Waals surface area contributed by atoms with E-state index < -0.39 is 42.5 Å². The number of aryl methyl sites for hydroxylation is 1. The second-order valence-electron chi connectivity index (χ2n) is 11.6. The standard InChI is InChI=1S/C35H34N4O8/c1-22-16-38(33(42)36-32(22)37-34(43)46-18-23-9-3-2-4-10-23)24-15-25(19-45-21-31(40)41)39(17-24)35(44)47-20-30-28-13-7-5-11-26(28)27-12-6-8-14-29(27)30/h2-14,16,24-25,30H,15,17-21H2,1H3,(H,40,41)(H,36,37,42,43)/t24-,25+/m1/s1. The molecule has 4 aromatic rings. The molecule has 242 valence electrons. The summed E-state index contributed by atoms with van der Waals surface area (Å²) in [6.07, 6.45) is 0.537. The van der Waals surface area contributed by atoms with Gasteiger partial charge in [-0.15, -0.1) is 0 Å². The molecule has 0 saturated carbocycles. The van der Waals surface area contributed by atoms with Crippen LogP contribution in [0.15, 0.2) is 89.9 Å². The predicted molar refractivity (Wildman–Crippen MR) is 171 cm³/mol. The van der Waals surface area contributed by atoms with E-state index >= 15 is 0 Å². The molecule has 1 aromatic heterocycles. The fourth-order valence-electron chi connectivity index (χ4n) is 6.24. The topological polar surface area (TPSA) is 149 Å². The molecular weight excluding hydrogens is 604 g/mol. The summed E-state index contributed by atoms with van der Waals surface area (Å²) in [4.78, 5) is 55.8. The highest BCUT2D eigenvalue weighted by atomic mass is 16.6. The Bertz CT molecular complexity index is 1800. The van der Waals surface area contributed by atoms with E-state index in [1.165, 1.54) is 9.47 Å². The third-order valence-corrected chi connectivity index (χ3v) is 8.46. The number of nitrogens with one attached hydrogen (secondary N) is 1. The molecule has 1 aliphatic carbocycles. The molecule has 2 heterocycles. The minimum Gasteiger partial charge on any atom is -0.480 e. The molecule has 2 amide bonds. The normalized spacial score (nSPS) is 16.7. The lowest BCUT2D eigenvalue weighted by Gasteiger charge is -2.24. The number of hydrogen-bond acceptors (Lipinski definition) is 8. The van der Waals surface area contributed by atoms with Crippen molar-refractivity contribution in [3.63, 3.8) is 0 Å². The molecule has 1 saturated heterocycles. The van der Waals surface area contributed by atoms with Gasteiger partial charge in [-0.3, -0.25) is 9.88 Å². The molecule has 0 radical (unpaired) electrons. The lowest BCUT2D eigenvalue weighted by atomic mass is 9.98. The number of likely N-dealkylation sites (tertiary alicyclic amines) is 1. The Hall–Kier alpha value is -5.49. The van der Waals surface area contributed by atoms with Crippen molar-refractivity contribution >= 4 is 24.0 Å². The van der Waals surface area contributed by atoms with Crippen molar-refractivity contribution in [2.45, 2.75) is 38.0 Å². The highest BCUT2D eigenvalue weighted by molar-refractivity contribution is 5.84. The first-order valence-corrected chi connectivity index (χ1v) is 15.3. The van der Waals surface area contributed by atoms with Gasteiger partial charge in [-0.2, -0.15) is 4.98 Å². The summed E-state index contributed by atoms with van der Waals surface area (Å²) in [5.41, 5.74) is 5.07. The van der Waals surface area contributed by atoms with E-state index in [1.807, 2.05) is 66.7 Å². The van der Waals surface area contributed by atoms with Gasteiger partial charge in [-0.25, -0.2) is 19.2 Å². The number of amides is 2. The summed E-state index contributed by atoms with van der Waals surface area (Å²) >= 11 is 0. The van der Waals surface area contributed by atoms with Crippen LogP contribution in [0.1, 0.15) is 40.6 Å². The zero-order valence-electron chi connectivity index (χ0n) is 25.7. The van der Waals surface area contributed by atoms with Gasteiger partial charge in [0.1, 0.15) is 25.6 Å². The van der Waals surface area contributed by atoms with Crippen LogP contribution in [0.4, 0.5) is 15.4 Å². The van der Waals surface area contributed by atoms with Crippen molar-refractivity contribution in [3.8, 4) is 11.1 Å². The van der Waals surface area contributed by atoms with Gasteiger partial charge < -0.3 is 24.2 Å². The van der Waals surface area contributed by atoms with Crippen LogP contribution < -0.4 is 11.0 Å². The molecule has 12 heteroatoms. The summed E-state index contributed by atoms with van der Waals surface area (Å²) in [5.74, 6) is -1.20. The quantitative estimate of drug-likeness (QED) is 0.246. The molecule has 2 atom stereocenters. The van der Waals surface area contributed by atoms with Crippen molar-refractivity contribution < 1.29 is 33.7 Å². The zero-order valence-corrected chi connectivity index (χ0v) is 25.7. The molecule has 47 heavy (non-hydrogen) atoms. The summed E-state index contributed by atoms with van der Waals surface area (Å²) in [6, 6.07) is 24.2. The Morgan fingerprint density at radius 1 is 0.915 bits per heavy atom. The monoisotopic (exact) mass is 638 g/mol. The number of ether oxygens (including phenoxy) is 3. The van der Waals surface area contributed by atoms with E-state index in [1.54, 1.807) is 13.1 Å². The molecule has 1 aliphatic heterocycles. The molecule has 0 unspecified atom stereocenters. The third kappa shape index (κ3) is 7.02. The maximum atomic E-state index is 13.6. The average molecular weight is 639 g/mol. The van der Waals surface area contributed by atoms with Gasteiger partial charge in [0.05, 0.1) is 18.7 Å². The lowest BCUT2D eigenvalue weighted by molar-refractivity contribution is -0.142. The van der Waals surface area contributed by atoms with Gasteiger partial charge in [0.15, 0.2) is 0 Å². The molecular formula is C35H34N4O8. The number of carboxylic acid groups (broad SMARTS) is 1. The number of rotatable bonds is 10. The molecule has 1 fully saturated rings. The number of hydrogen-bond donors (Lipinski definition) is 2. The van der Waals surface area contributed by atoms with E-state index in [2.05, 4.69) is 22.4 Å². The average Bonchev–Trinajstić information content (AvgIpc) is 3.64. The Morgan fingerprint density at radius 2 is 1.57 bits per heavy atom. The largest absolute Gasteiger partial charge is 0.480 e. The van der Waals surface area contributed by atoms with Crippen LogP contribution >= 0.6 is 0 Å². The molecule has 12 nitrogen and oxygen atoms in total. The summed E-state index contributed by atoms with van der Waals surface area (Å²) in [6.45, 7) is 1.40. The smallest absolute Gasteiger partial charge is 0.413 e. The van der Waals surface area contributed by atoms with Crippen LogP contribution in [-0.2, 0) is 25.6 Å². The van der Waals surface area contributed by atoms with Crippen molar-refractivity contribution in [1.82, 2.24) is 14.5 Å². The fraction of sp³-hybridized carbons (Fsp3) is 0.286.